The van der Waals surface area contributed by atoms with E-state index in [4.69, 9.17) is 46.4 Å². The van der Waals surface area contributed by atoms with Crippen LogP contribution in [0.4, 0.5) is 11.4 Å². The van der Waals surface area contributed by atoms with Gasteiger partial charge in [-0.3, -0.25) is 9.69 Å². The number of anilines is 2. The molecule has 0 spiro atoms. The van der Waals surface area contributed by atoms with Crippen molar-refractivity contribution in [3.05, 3.63) is 58.6 Å². The second-order valence-electron chi connectivity index (χ2n) is 3.88. The lowest BCUT2D eigenvalue weighted by Gasteiger charge is -2.25. The molecule has 0 radical (unpaired) electrons. The Labute approximate surface area is 136 Å². The molecule has 0 aliphatic heterocycles. The van der Waals surface area contributed by atoms with Crippen molar-refractivity contribution in [2.24, 2.45) is 0 Å². The summed E-state index contributed by atoms with van der Waals surface area (Å²) in [7, 11) is 0. The van der Waals surface area contributed by atoms with Gasteiger partial charge in [0, 0.05) is 5.69 Å². The number of hydrogen-bond acceptors (Lipinski definition) is 1. The van der Waals surface area contributed by atoms with Crippen molar-refractivity contribution in [3.63, 3.8) is 0 Å². The lowest BCUT2D eigenvalue weighted by atomic mass is 10.2. The van der Waals surface area contributed by atoms with Crippen molar-refractivity contribution in [1.29, 1.82) is 0 Å². The number of alkyl halides is 2. The third-order valence-corrected chi connectivity index (χ3v) is 3.57. The van der Waals surface area contributed by atoms with Gasteiger partial charge in [-0.1, -0.05) is 70.7 Å². The van der Waals surface area contributed by atoms with Crippen LogP contribution >= 0.6 is 46.4 Å². The van der Waals surface area contributed by atoms with Gasteiger partial charge in [0.05, 0.1) is 15.7 Å². The van der Waals surface area contributed by atoms with E-state index in [2.05, 4.69) is 0 Å². The number of benzene rings is 2. The van der Waals surface area contributed by atoms with Crippen molar-refractivity contribution < 1.29 is 4.79 Å². The van der Waals surface area contributed by atoms with E-state index in [1.165, 1.54) is 4.90 Å². The van der Waals surface area contributed by atoms with Crippen molar-refractivity contribution in [3.8, 4) is 0 Å². The number of halogens is 4. The molecule has 2 rings (SSSR count). The molecule has 0 aliphatic rings. The maximum atomic E-state index is 12.3. The third kappa shape index (κ3) is 3.21. The molecule has 2 aromatic carbocycles. The molecule has 0 unspecified atom stereocenters. The summed E-state index contributed by atoms with van der Waals surface area (Å²) in [6, 6.07) is 13.9. The summed E-state index contributed by atoms with van der Waals surface area (Å²) < 4.78 is 0. The van der Waals surface area contributed by atoms with Crippen LogP contribution in [0.1, 0.15) is 0 Å². The Morgan fingerprint density at radius 3 is 1.95 bits per heavy atom. The highest BCUT2D eigenvalue weighted by molar-refractivity contribution is 6.55. The number of rotatable bonds is 3. The Kier molecular flexibility index (Phi) is 5.17. The van der Waals surface area contributed by atoms with Gasteiger partial charge in [0.25, 0.3) is 5.91 Å². The maximum Gasteiger partial charge on any atom is 0.264 e. The Balaban J connectivity index is 2.61. The predicted octanol–water partition coefficient (Wildman–Crippen LogP) is 5.46. The number of para-hydroxylation sites is 2. The molecule has 104 valence electrons. The molecule has 6 heteroatoms. The Hall–Kier alpha value is -0.930. The minimum Gasteiger partial charge on any atom is -0.276 e. The van der Waals surface area contributed by atoms with E-state index in [1.54, 1.807) is 42.5 Å². The molecule has 0 saturated heterocycles. The van der Waals surface area contributed by atoms with Gasteiger partial charge in [0.1, 0.15) is 0 Å². The Morgan fingerprint density at radius 2 is 1.45 bits per heavy atom. The molecule has 2 aromatic rings. The van der Waals surface area contributed by atoms with Gasteiger partial charge in [0.2, 0.25) is 0 Å². The molecule has 2 nitrogen and oxygen atoms in total. The fraction of sp³-hybridized carbons (Fsp3) is 0.0714. The molecule has 0 saturated carbocycles. The Morgan fingerprint density at radius 1 is 0.900 bits per heavy atom. The molecule has 20 heavy (non-hydrogen) atoms. The third-order valence-electron chi connectivity index (χ3n) is 2.58. The second-order valence-corrected chi connectivity index (χ2v) is 5.79. The highest BCUT2D eigenvalue weighted by Gasteiger charge is 2.26. The van der Waals surface area contributed by atoms with E-state index in [-0.39, 0.29) is 0 Å². The van der Waals surface area contributed by atoms with E-state index < -0.39 is 10.7 Å². The number of nitrogens with zero attached hydrogens (tertiary/aromatic N) is 1. The average Bonchev–Trinajstić information content (AvgIpc) is 2.43. The lowest BCUT2D eigenvalue weighted by Crippen LogP contribution is -2.31. The van der Waals surface area contributed by atoms with Gasteiger partial charge < -0.3 is 0 Å². The molecule has 0 atom stereocenters. The summed E-state index contributed by atoms with van der Waals surface area (Å²) >= 11 is 23.7. The molecule has 0 aliphatic carbocycles. The van der Waals surface area contributed by atoms with Crippen LogP contribution in [0.2, 0.25) is 10.0 Å². The maximum absolute atomic E-state index is 12.3. The fourth-order valence-corrected chi connectivity index (χ4v) is 2.51. The number of carbonyl (C=O) groups excluding carboxylic acids is 1. The van der Waals surface area contributed by atoms with Crippen LogP contribution in [0.15, 0.2) is 48.5 Å². The Bertz CT molecular complexity index is 596. The SMILES string of the molecule is O=C(C(Cl)Cl)N(c1ccccc1)c1c(Cl)cccc1Cl. The molecule has 0 heterocycles. The first-order valence-electron chi connectivity index (χ1n) is 5.63. The summed E-state index contributed by atoms with van der Waals surface area (Å²) in [5.74, 6) is -0.519. The van der Waals surface area contributed by atoms with Gasteiger partial charge in [-0.05, 0) is 24.3 Å². The first-order valence-corrected chi connectivity index (χ1v) is 7.26. The molecular formula is C14H9Cl4NO. The summed E-state index contributed by atoms with van der Waals surface area (Å²) in [5.41, 5.74) is 0.942. The summed E-state index contributed by atoms with van der Waals surface area (Å²) in [6.07, 6.45) is 0. The second kappa shape index (κ2) is 6.68. The largest absolute Gasteiger partial charge is 0.276 e. The van der Waals surface area contributed by atoms with Crippen LogP contribution in [0.3, 0.4) is 0 Å². The zero-order valence-corrected chi connectivity index (χ0v) is 13.1. The summed E-state index contributed by atoms with van der Waals surface area (Å²) in [6.45, 7) is 0. The van der Waals surface area contributed by atoms with Gasteiger partial charge >= 0.3 is 0 Å². The number of amides is 1. The molecule has 0 fully saturated rings. The predicted molar refractivity (Wildman–Crippen MR) is 85.5 cm³/mol. The zero-order valence-electron chi connectivity index (χ0n) is 10.1. The van der Waals surface area contributed by atoms with E-state index in [9.17, 15) is 4.79 Å². The minimum absolute atomic E-state index is 0.337. The van der Waals surface area contributed by atoms with Crippen molar-refractivity contribution >= 4 is 63.7 Å². The molecule has 0 aromatic heterocycles. The van der Waals surface area contributed by atoms with Crippen LogP contribution in [0.5, 0.6) is 0 Å². The van der Waals surface area contributed by atoms with Crippen LogP contribution in [0.25, 0.3) is 0 Å². The summed E-state index contributed by atoms with van der Waals surface area (Å²) in [5, 5.41) is 0.673. The molecule has 1 amide bonds. The number of hydrogen-bond donors (Lipinski definition) is 0. The quantitative estimate of drug-likeness (QED) is 0.674. The first kappa shape index (κ1) is 15.5. The fourth-order valence-electron chi connectivity index (χ4n) is 1.74. The minimum atomic E-state index is -1.22. The first-order chi connectivity index (χ1) is 9.52. The summed E-state index contributed by atoms with van der Waals surface area (Å²) in [4.78, 5) is 12.4. The van der Waals surface area contributed by atoms with E-state index in [0.717, 1.165) is 0 Å². The van der Waals surface area contributed by atoms with Gasteiger partial charge in [0.15, 0.2) is 4.84 Å². The lowest BCUT2D eigenvalue weighted by molar-refractivity contribution is -0.116. The van der Waals surface area contributed by atoms with Crippen molar-refractivity contribution in [2.75, 3.05) is 4.90 Å². The van der Waals surface area contributed by atoms with Crippen LogP contribution in [-0.2, 0) is 4.79 Å². The zero-order chi connectivity index (χ0) is 14.7. The smallest absolute Gasteiger partial charge is 0.264 e. The average molecular weight is 349 g/mol. The van der Waals surface area contributed by atoms with Gasteiger partial charge in [-0.25, -0.2) is 0 Å². The topological polar surface area (TPSA) is 20.3 Å². The van der Waals surface area contributed by atoms with Gasteiger partial charge in [-0.2, -0.15) is 0 Å². The highest BCUT2D eigenvalue weighted by atomic mass is 35.5. The van der Waals surface area contributed by atoms with E-state index in [0.29, 0.717) is 21.4 Å². The standard InChI is InChI=1S/C14H9Cl4NO/c15-10-7-4-8-11(16)12(10)19(14(20)13(17)18)9-5-2-1-3-6-9/h1-8,13H. The van der Waals surface area contributed by atoms with Gasteiger partial charge in [-0.15, -0.1) is 0 Å². The van der Waals surface area contributed by atoms with Crippen LogP contribution in [-0.4, -0.2) is 10.7 Å². The highest BCUT2D eigenvalue weighted by Crippen LogP contribution is 2.38. The molecule has 0 bridgehead atoms. The molecular weight excluding hydrogens is 340 g/mol. The monoisotopic (exact) mass is 347 g/mol. The van der Waals surface area contributed by atoms with Crippen LogP contribution < -0.4 is 4.90 Å². The van der Waals surface area contributed by atoms with E-state index >= 15 is 0 Å². The molecule has 0 N–H and O–H groups in total. The number of carbonyl (C=O) groups is 1. The van der Waals surface area contributed by atoms with E-state index in [1.807, 2.05) is 6.07 Å². The van der Waals surface area contributed by atoms with Crippen molar-refractivity contribution in [2.45, 2.75) is 4.84 Å². The van der Waals surface area contributed by atoms with Crippen molar-refractivity contribution in [1.82, 2.24) is 0 Å². The normalized spacial score (nSPS) is 10.7. The van der Waals surface area contributed by atoms with Crippen LogP contribution in [0, 0.1) is 0 Å².